The summed E-state index contributed by atoms with van der Waals surface area (Å²) in [6, 6.07) is 19.0. The van der Waals surface area contributed by atoms with E-state index in [2.05, 4.69) is 53.4 Å². The first-order valence-electron chi connectivity index (χ1n) is 11.2. The number of ether oxygens (including phenoxy) is 1. The van der Waals surface area contributed by atoms with E-state index in [1.54, 1.807) is 7.11 Å². The standard InChI is InChI=1S/C26H32N2O3/c1-31-22-9-5-6-20(16-22)18-26(11-14-28(15-12-26)13-10-25(29)30)19-27-24-17-23(24)21-7-3-2-4-8-21/h2-9,16,23H,10-15,17-19H2,1H3,(H,29,30). The predicted octanol–water partition coefficient (Wildman–Crippen LogP) is 4.42. The molecule has 5 nitrogen and oxygen atoms in total. The number of aliphatic imine (C=N–C) groups is 1. The van der Waals surface area contributed by atoms with Crippen molar-refractivity contribution in [1.29, 1.82) is 0 Å². The van der Waals surface area contributed by atoms with Gasteiger partial charge in [0.25, 0.3) is 0 Å². The summed E-state index contributed by atoms with van der Waals surface area (Å²) in [7, 11) is 1.71. The van der Waals surface area contributed by atoms with E-state index < -0.39 is 5.97 Å². The number of benzene rings is 2. The highest BCUT2D eigenvalue weighted by molar-refractivity contribution is 6.05. The summed E-state index contributed by atoms with van der Waals surface area (Å²) in [6.45, 7) is 3.35. The molecule has 0 bridgehead atoms. The van der Waals surface area contributed by atoms with Crippen LogP contribution in [0.4, 0.5) is 0 Å². The Labute approximate surface area is 184 Å². The minimum Gasteiger partial charge on any atom is -0.497 e. The molecule has 1 saturated carbocycles. The van der Waals surface area contributed by atoms with E-state index >= 15 is 0 Å². The van der Waals surface area contributed by atoms with Gasteiger partial charge in [0.05, 0.1) is 13.5 Å². The van der Waals surface area contributed by atoms with Crippen molar-refractivity contribution in [2.45, 2.75) is 38.0 Å². The average molecular weight is 421 g/mol. The molecule has 1 N–H and O–H groups in total. The number of carboxylic acid groups (broad SMARTS) is 1. The molecule has 2 aromatic rings. The fourth-order valence-electron chi connectivity index (χ4n) is 4.70. The van der Waals surface area contributed by atoms with Gasteiger partial charge in [-0.1, -0.05) is 42.5 Å². The molecule has 0 spiro atoms. The summed E-state index contributed by atoms with van der Waals surface area (Å²) < 4.78 is 5.43. The molecule has 1 unspecified atom stereocenters. The van der Waals surface area contributed by atoms with Gasteiger partial charge in [0, 0.05) is 24.7 Å². The largest absolute Gasteiger partial charge is 0.497 e. The molecule has 31 heavy (non-hydrogen) atoms. The van der Waals surface area contributed by atoms with Gasteiger partial charge in [-0.2, -0.15) is 0 Å². The Balaban J connectivity index is 1.45. The minimum absolute atomic E-state index is 0.114. The van der Waals surface area contributed by atoms with Crippen molar-refractivity contribution in [3.63, 3.8) is 0 Å². The lowest BCUT2D eigenvalue weighted by molar-refractivity contribution is -0.137. The molecule has 2 fully saturated rings. The molecule has 1 saturated heterocycles. The number of piperidine rings is 1. The maximum Gasteiger partial charge on any atom is 0.304 e. The molecule has 5 heteroatoms. The molecule has 1 atom stereocenters. The zero-order valence-electron chi connectivity index (χ0n) is 18.3. The first-order chi connectivity index (χ1) is 15.1. The van der Waals surface area contributed by atoms with Crippen LogP contribution < -0.4 is 4.74 Å². The van der Waals surface area contributed by atoms with E-state index in [0.717, 1.165) is 51.1 Å². The third-order valence-corrected chi connectivity index (χ3v) is 6.75. The van der Waals surface area contributed by atoms with Crippen molar-refractivity contribution in [3.8, 4) is 5.75 Å². The number of rotatable bonds is 9. The zero-order chi connectivity index (χ0) is 21.7. The van der Waals surface area contributed by atoms with Crippen molar-refractivity contribution in [2.24, 2.45) is 10.4 Å². The first-order valence-corrected chi connectivity index (χ1v) is 11.2. The Morgan fingerprint density at radius 2 is 1.94 bits per heavy atom. The second-order valence-electron chi connectivity index (χ2n) is 8.99. The molecule has 2 aliphatic rings. The molecule has 1 heterocycles. The predicted molar refractivity (Wildman–Crippen MR) is 123 cm³/mol. The highest BCUT2D eigenvalue weighted by Crippen LogP contribution is 2.40. The van der Waals surface area contributed by atoms with Gasteiger partial charge in [-0.3, -0.25) is 9.79 Å². The molecule has 1 aliphatic carbocycles. The molecule has 4 rings (SSSR count). The number of carbonyl (C=O) groups is 1. The first kappa shape index (κ1) is 21.6. The summed E-state index contributed by atoms with van der Waals surface area (Å²) in [5.74, 6) is 0.662. The van der Waals surface area contributed by atoms with E-state index in [-0.39, 0.29) is 11.8 Å². The maximum atomic E-state index is 10.9. The summed E-state index contributed by atoms with van der Waals surface area (Å²) >= 11 is 0. The quantitative estimate of drug-likeness (QED) is 0.652. The van der Waals surface area contributed by atoms with Gasteiger partial charge in [0.1, 0.15) is 5.75 Å². The molecule has 0 aromatic heterocycles. The fourth-order valence-corrected chi connectivity index (χ4v) is 4.70. The lowest BCUT2D eigenvalue weighted by Crippen LogP contribution is -2.43. The molecule has 0 radical (unpaired) electrons. The van der Waals surface area contributed by atoms with Gasteiger partial charge >= 0.3 is 5.97 Å². The highest BCUT2D eigenvalue weighted by Gasteiger charge is 2.38. The van der Waals surface area contributed by atoms with Gasteiger partial charge in [-0.15, -0.1) is 0 Å². The van der Waals surface area contributed by atoms with Gasteiger partial charge in [-0.05, 0) is 67.4 Å². The zero-order valence-corrected chi connectivity index (χ0v) is 18.3. The van der Waals surface area contributed by atoms with Gasteiger partial charge in [-0.25, -0.2) is 0 Å². The van der Waals surface area contributed by atoms with Crippen LogP contribution in [0.15, 0.2) is 59.6 Å². The van der Waals surface area contributed by atoms with Crippen LogP contribution in [-0.4, -0.2) is 55.0 Å². The summed E-state index contributed by atoms with van der Waals surface area (Å²) in [4.78, 5) is 18.3. The smallest absolute Gasteiger partial charge is 0.304 e. The Kier molecular flexibility index (Phi) is 6.71. The van der Waals surface area contributed by atoms with E-state index in [1.165, 1.54) is 16.8 Å². The molecular formula is C26H32N2O3. The van der Waals surface area contributed by atoms with Crippen molar-refractivity contribution >= 4 is 11.7 Å². The second-order valence-corrected chi connectivity index (χ2v) is 8.99. The monoisotopic (exact) mass is 420 g/mol. The third kappa shape index (κ3) is 5.73. The number of hydrogen-bond donors (Lipinski definition) is 1. The Hall–Kier alpha value is -2.66. The highest BCUT2D eigenvalue weighted by atomic mass is 16.5. The Morgan fingerprint density at radius 3 is 2.65 bits per heavy atom. The molecular weight excluding hydrogens is 388 g/mol. The summed E-state index contributed by atoms with van der Waals surface area (Å²) in [5.41, 5.74) is 4.09. The number of aliphatic carboxylic acids is 1. The molecule has 164 valence electrons. The third-order valence-electron chi connectivity index (χ3n) is 6.75. The van der Waals surface area contributed by atoms with E-state index in [4.69, 9.17) is 14.8 Å². The fraction of sp³-hybridized carbons (Fsp3) is 0.462. The van der Waals surface area contributed by atoms with E-state index in [9.17, 15) is 4.79 Å². The molecule has 2 aromatic carbocycles. The summed E-state index contributed by atoms with van der Waals surface area (Å²) in [5, 5.41) is 9.01. The molecule has 1 aliphatic heterocycles. The van der Waals surface area contributed by atoms with Crippen LogP contribution in [0.5, 0.6) is 5.75 Å². The Morgan fingerprint density at radius 1 is 1.16 bits per heavy atom. The lowest BCUT2D eigenvalue weighted by Gasteiger charge is -2.41. The second kappa shape index (κ2) is 9.65. The van der Waals surface area contributed by atoms with E-state index in [0.29, 0.717) is 12.5 Å². The molecule has 0 amide bonds. The SMILES string of the molecule is COc1cccc(CC2(CN=C3CC3c3ccccc3)CCN(CCC(=O)O)CC2)c1. The van der Waals surface area contributed by atoms with Crippen molar-refractivity contribution in [1.82, 2.24) is 4.90 Å². The van der Waals surface area contributed by atoms with Crippen LogP contribution in [0, 0.1) is 5.41 Å². The topological polar surface area (TPSA) is 62.1 Å². The summed E-state index contributed by atoms with van der Waals surface area (Å²) in [6.07, 6.45) is 4.34. The van der Waals surface area contributed by atoms with Crippen molar-refractivity contribution in [2.75, 3.05) is 33.3 Å². The van der Waals surface area contributed by atoms with Crippen LogP contribution >= 0.6 is 0 Å². The number of carboxylic acids is 1. The average Bonchev–Trinajstić information content (AvgIpc) is 3.58. The van der Waals surface area contributed by atoms with Gasteiger partial charge < -0.3 is 14.7 Å². The normalized spacial score (nSPS) is 21.7. The van der Waals surface area contributed by atoms with Crippen molar-refractivity contribution < 1.29 is 14.6 Å². The maximum absolute atomic E-state index is 10.9. The minimum atomic E-state index is -0.722. The lowest BCUT2D eigenvalue weighted by atomic mass is 9.73. The number of likely N-dealkylation sites (tertiary alicyclic amines) is 1. The number of hydrogen-bond acceptors (Lipinski definition) is 4. The van der Waals surface area contributed by atoms with E-state index in [1.807, 2.05) is 6.07 Å². The van der Waals surface area contributed by atoms with Crippen molar-refractivity contribution in [3.05, 3.63) is 65.7 Å². The van der Waals surface area contributed by atoms with Gasteiger partial charge in [0.15, 0.2) is 0 Å². The number of nitrogens with zero attached hydrogens (tertiary/aromatic N) is 2. The van der Waals surface area contributed by atoms with Crippen LogP contribution in [0.1, 0.15) is 42.7 Å². The van der Waals surface area contributed by atoms with Crippen LogP contribution in [0.2, 0.25) is 0 Å². The van der Waals surface area contributed by atoms with Gasteiger partial charge in [0.2, 0.25) is 0 Å². The van der Waals surface area contributed by atoms with Crippen LogP contribution in [0.25, 0.3) is 0 Å². The number of methoxy groups -OCH3 is 1. The van der Waals surface area contributed by atoms with Crippen LogP contribution in [-0.2, 0) is 11.2 Å². The Bertz CT molecular complexity index is 917. The van der Waals surface area contributed by atoms with Crippen LogP contribution in [0.3, 0.4) is 0 Å².